The standard InChI is InChI=1S/C70H88N14O6S2/c1-42-49-15-14-28-82(61(49)80-79-60(42)78-65-75-52-16-10-11-17-54(52)92-65)55-23-22-50(51-32-73-84(45(51)4)40-69-35-67(8)34-68(9,36-69)38-70(37-67,39-69)90-30-29-81-26-12-13-27-81)57(76-55)63(88)71-25-24-56(86)77-59(66(5,6)7)64(89)83-33-48(85)31-53(83)62(87)74-43(2)46-18-20-47(21-19-46)58-44(3)72-41-91-58/h10-11,16-23,32,41,43,48,53,59,85H,12-15,24-31,33-40H2,1-9H3,(H,71,88)(H,74,87)(H,77,86)(H,75,78,79)/t43-,48+,53-,59+,67?,68?,69?,70?/m0/s1. The lowest BCUT2D eigenvalue weighted by molar-refractivity contribution is -0.248. The SMILES string of the molecule is Cc1ncsc1-c1ccc([C@H](C)NC(=O)[C@@H]2C[C@@H](O)CN2C(=O)[C@@H](NC(=O)CCNC(=O)c2nc(N3CCCc4c3nnc(Nc3nc5ccccc5s3)c4C)ccc2-c2cnn(CC34CC5(C)CC(C)(C3)CC(OCCN3CCCC3)(C5)C4)c2C)C(C)(C)C)cc1. The fraction of sp³-hybridized carbons (Fsp3) is 0.543. The predicted molar refractivity (Wildman–Crippen MR) is 359 cm³/mol. The van der Waals surface area contributed by atoms with Gasteiger partial charge in [0.2, 0.25) is 17.7 Å². The van der Waals surface area contributed by atoms with Crippen molar-refractivity contribution in [2.24, 2.45) is 21.7 Å². The number of pyridine rings is 1. The van der Waals surface area contributed by atoms with Crippen molar-refractivity contribution in [1.82, 2.24) is 60.7 Å². The van der Waals surface area contributed by atoms with Gasteiger partial charge in [-0.1, -0.05) is 82.4 Å². The highest BCUT2D eigenvalue weighted by Gasteiger charge is 2.66. The number of benzene rings is 2. The van der Waals surface area contributed by atoms with Crippen LogP contribution in [0.2, 0.25) is 0 Å². The van der Waals surface area contributed by atoms with Gasteiger partial charge in [-0.05, 0) is 162 Å². The molecule has 2 aromatic carbocycles. The highest BCUT2D eigenvalue weighted by atomic mass is 32.1. The molecule has 0 radical (unpaired) electrons. The zero-order chi connectivity index (χ0) is 64.5. The van der Waals surface area contributed by atoms with Crippen LogP contribution in [-0.4, -0.2) is 143 Å². The monoisotopic (exact) mass is 1280 g/mol. The molecule has 22 heteroatoms. The number of hydrogen-bond donors (Lipinski definition) is 5. The number of carbonyl (C=O) groups is 4. The second-order valence-corrected chi connectivity index (χ2v) is 31.2. The molecule has 486 valence electrons. The van der Waals surface area contributed by atoms with Crippen LogP contribution in [0, 0.1) is 42.4 Å². The second-order valence-electron chi connectivity index (χ2n) is 29.4. The lowest BCUT2D eigenvalue weighted by Crippen LogP contribution is -2.64. The van der Waals surface area contributed by atoms with Gasteiger partial charge in [0, 0.05) is 73.5 Å². The maximum atomic E-state index is 15.0. The number of ether oxygens (including phenoxy) is 1. The molecule has 6 fully saturated rings. The van der Waals surface area contributed by atoms with E-state index in [0.717, 1.165) is 137 Å². The number of fused-ring (bicyclic) bond motifs is 2. The summed E-state index contributed by atoms with van der Waals surface area (Å²) in [6, 6.07) is 17.5. The first-order valence-corrected chi connectivity index (χ1v) is 34.7. The van der Waals surface area contributed by atoms with E-state index < -0.39 is 53.3 Å². The van der Waals surface area contributed by atoms with Crippen molar-refractivity contribution < 1.29 is 29.0 Å². The largest absolute Gasteiger partial charge is 0.391 e. The fourth-order valence-electron chi connectivity index (χ4n) is 17.3. The number of nitrogens with zero attached hydrogens (tertiary/aromatic N) is 10. The van der Waals surface area contributed by atoms with Crippen LogP contribution in [0.25, 0.3) is 31.8 Å². The third-order valence-electron chi connectivity index (χ3n) is 20.5. The quantitative estimate of drug-likeness (QED) is 0.0477. The maximum Gasteiger partial charge on any atom is 0.270 e. The van der Waals surface area contributed by atoms with Gasteiger partial charge >= 0.3 is 0 Å². The smallest absolute Gasteiger partial charge is 0.270 e. The van der Waals surface area contributed by atoms with Crippen LogP contribution >= 0.6 is 22.7 Å². The molecule has 5 aromatic heterocycles. The van der Waals surface area contributed by atoms with E-state index in [1.165, 1.54) is 24.2 Å². The molecule has 14 rings (SSSR count). The molecule has 2 unspecified atom stereocenters. The van der Waals surface area contributed by atoms with Gasteiger partial charge in [0.1, 0.15) is 23.6 Å². The van der Waals surface area contributed by atoms with Crippen molar-refractivity contribution in [3.63, 3.8) is 0 Å². The zero-order valence-corrected chi connectivity index (χ0v) is 56.3. The molecule has 0 spiro atoms. The Morgan fingerprint density at radius 2 is 1.62 bits per heavy atom. The van der Waals surface area contributed by atoms with Crippen molar-refractivity contribution in [1.29, 1.82) is 0 Å². The number of likely N-dealkylation sites (tertiary alicyclic amines) is 2. The molecule has 20 nitrogen and oxygen atoms in total. The summed E-state index contributed by atoms with van der Waals surface area (Å²) in [5.74, 6) is 0.0229. The van der Waals surface area contributed by atoms with Crippen molar-refractivity contribution >= 4 is 79.1 Å². The molecule has 3 aliphatic heterocycles. The third-order valence-corrected chi connectivity index (χ3v) is 22.5. The Kier molecular flexibility index (Phi) is 17.2. The first-order valence-electron chi connectivity index (χ1n) is 33.0. The maximum absolute atomic E-state index is 15.0. The van der Waals surface area contributed by atoms with Gasteiger partial charge in [-0.25, -0.2) is 15.0 Å². The second kappa shape index (κ2) is 24.9. The van der Waals surface area contributed by atoms with Gasteiger partial charge in [0.15, 0.2) is 16.8 Å². The minimum atomic E-state index is -1.06. The molecule has 6 atom stereocenters. The topological polar surface area (TPSA) is 238 Å². The summed E-state index contributed by atoms with van der Waals surface area (Å²) in [6.07, 6.45) is 11.6. The van der Waals surface area contributed by atoms with Gasteiger partial charge in [0.05, 0.1) is 56.8 Å². The number of anilines is 4. The van der Waals surface area contributed by atoms with E-state index in [9.17, 15) is 19.5 Å². The Morgan fingerprint density at radius 3 is 2.35 bits per heavy atom. The Balaban J connectivity index is 0.732. The normalized spacial score (nSPS) is 25.1. The number of carbonyl (C=O) groups excluding carboxylic acids is 4. The van der Waals surface area contributed by atoms with Crippen LogP contribution in [0.5, 0.6) is 0 Å². The van der Waals surface area contributed by atoms with Gasteiger partial charge in [-0.3, -0.25) is 23.9 Å². The molecule has 4 saturated carbocycles. The lowest BCUT2D eigenvalue weighted by atomic mass is 9.39. The number of aliphatic hydroxyl groups excluding tert-OH is 1. The van der Waals surface area contributed by atoms with Crippen molar-refractivity contribution in [3.05, 3.63) is 106 Å². The van der Waals surface area contributed by atoms with Gasteiger partial charge in [0.25, 0.3) is 5.91 Å². The molecule has 5 N–H and O–H groups in total. The minimum Gasteiger partial charge on any atom is -0.391 e. The van der Waals surface area contributed by atoms with Crippen LogP contribution < -0.4 is 26.2 Å². The summed E-state index contributed by atoms with van der Waals surface area (Å²) >= 11 is 3.13. The first-order chi connectivity index (χ1) is 43.9. The van der Waals surface area contributed by atoms with E-state index in [-0.39, 0.29) is 53.5 Å². The average Bonchev–Trinajstić information content (AvgIpc) is 0.785. The number of aromatic nitrogens is 7. The molecule has 7 aromatic rings. The highest BCUT2D eigenvalue weighted by molar-refractivity contribution is 7.22. The number of β-amino-alcohol motifs (C(OH)–C–C–N with tert-alkyl or cyclic N) is 1. The van der Waals surface area contributed by atoms with Crippen LogP contribution in [0.4, 0.5) is 22.6 Å². The number of rotatable bonds is 20. The van der Waals surface area contributed by atoms with E-state index in [1.807, 2.05) is 119 Å². The number of hydrogen-bond acceptors (Lipinski definition) is 17. The number of thiazole rings is 2. The first kappa shape index (κ1) is 63.5. The lowest BCUT2D eigenvalue weighted by Gasteiger charge is -2.69. The van der Waals surface area contributed by atoms with E-state index in [1.54, 1.807) is 22.7 Å². The number of amides is 4. The van der Waals surface area contributed by atoms with Gasteiger partial charge < -0.3 is 45.8 Å². The van der Waals surface area contributed by atoms with Crippen molar-refractivity contribution in [2.75, 3.05) is 56.1 Å². The molecular weight excluding hydrogens is 1200 g/mol. The summed E-state index contributed by atoms with van der Waals surface area (Å²) in [5.41, 5.74) is 9.49. The number of nitrogens with one attached hydrogen (secondary N) is 4. The van der Waals surface area contributed by atoms with E-state index in [0.29, 0.717) is 29.6 Å². The number of para-hydroxylation sites is 1. The summed E-state index contributed by atoms with van der Waals surface area (Å²) in [7, 11) is 0. The Bertz CT molecular complexity index is 3890. The summed E-state index contributed by atoms with van der Waals surface area (Å²) < 4.78 is 10.4. The average molecular weight is 1290 g/mol. The Morgan fingerprint density at radius 1 is 0.859 bits per heavy atom. The molecule has 2 saturated heterocycles. The Hall–Kier alpha value is -7.24. The number of aliphatic hydroxyl groups is 1. The van der Waals surface area contributed by atoms with Gasteiger partial charge in [-0.2, -0.15) is 5.10 Å². The zero-order valence-electron chi connectivity index (χ0n) is 54.7. The van der Waals surface area contributed by atoms with Crippen LogP contribution in [0.3, 0.4) is 0 Å². The van der Waals surface area contributed by atoms with Crippen molar-refractivity contribution in [3.8, 4) is 21.6 Å². The van der Waals surface area contributed by atoms with E-state index in [4.69, 9.17) is 30.0 Å². The molecule has 92 heavy (non-hydrogen) atoms. The van der Waals surface area contributed by atoms with Crippen LogP contribution in [-0.2, 0) is 32.1 Å². The molecule has 7 aliphatic rings. The van der Waals surface area contributed by atoms with E-state index in [2.05, 4.69) is 56.6 Å². The molecular formula is C70H88N14O6S2. The predicted octanol–water partition coefficient (Wildman–Crippen LogP) is 10.9. The molecule has 8 heterocycles. The van der Waals surface area contributed by atoms with Crippen molar-refractivity contribution in [2.45, 2.75) is 176 Å². The molecule has 4 aliphatic carbocycles. The highest BCUT2D eigenvalue weighted by Crippen LogP contribution is 2.72. The minimum absolute atomic E-state index is 0.00867. The Labute approximate surface area is 547 Å². The van der Waals surface area contributed by atoms with Crippen LogP contribution in [0.15, 0.2) is 72.4 Å². The fourth-order valence-corrected chi connectivity index (χ4v) is 19.0. The molecule has 4 bridgehead atoms. The third kappa shape index (κ3) is 12.8. The van der Waals surface area contributed by atoms with E-state index >= 15 is 4.79 Å². The summed E-state index contributed by atoms with van der Waals surface area (Å²) in [6.45, 7) is 23.8. The summed E-state index contributed by atoms with van der Waals surface area (Å²) in [5, 5.41) is 38.9. The number of aryl methyl sites for hydroxylation is 1. The van der Waals surface area contributed by atoms with Crippen LogP contribution in [0.1, 0.15) is 157 Å². The summed E-state index contributed by atoms with van der Waals surface area (Å²) in [4.78, 5) is 79.3. The van der Waals surface area contributed by atoms with Gasteiger partial charge in [-0.15, -0.1) is 21.5 Å². The molecule has 4 amide bonds.